The van der Waals surface area contributed by atoms with Crippen LogP contribution in [0.1, 0.15) is 44.5 Å². The Bertz CT molecular complexity index is 2490. The standard InChI is InChI=1S/C43H33N9O4/c53-40-26-3-1-4-27(40)16-29-20-38(51-48-35-8-13-45-14-9-35)22-31(42(29)55)18-33-24-39(52-49-36-5-2-10-46-25-36)23-32(43(33)56)17-30-21-37(19-28(15-26)41(30)54)50-47-34-6-11-44-12-7-34/h1-14,19-25,53-56H,15-18H2. The minimum Gasteiger partial charge on any atom is -0.507 e. The summed E-state index contributed by atoms with van der Waals surface area (Å²) in [6.45, 7) is 0. The molecule has 8 bridgehead atoms. The second-order valence-electron chi connectivity index (χ2n) is 13.2. The molecule has 0 saturated carbocycles. The first kappa shape index (κ1) is 35.4. The van der Waals surface area contributed by atoms with Gasteiger partial charge in [-0.1, -0.05) is 18.2 Å². The number of hydrogen-bond donors (Lipinski definition) is 4. The monoisotopic (exact) mass is 739 g/mol. The molecule has 3 heterocycles. The van der Waals surface area contributed by atoms with E-state index in [2.05, 4.69) is 45.6 Å². The lowest BCUT2D eigenvalue weighted by molar-refractivity contribution is 0.450. The van der Waals surface area contributed by atoms with Crippen molar-refractivity contribution in [2.75, 3.05) is 0 Å². The molecule has 1 aliphatic rings. The molecule has 0 fully saturated rings. The van der Waals surface area contributed by atoms with Gasteiger partial charge < -0.3 is 20.4 Å². The molecule has 3 aromatic heterocycles. The summed E-state index contributed by atoms with van der Waals surface area (Å²) in [7, 11) is 0. The van der Waals surface area contributed by atoms with Gasteiger partial charge in [-0.15, -0.1) is 5.11 Å². The molecular weight excluding hydrogens is 707 g/mol. The summed E-state index contributed by atoms with van der Waals surface area (Å²) in [6, 6.07) is 26.1. The summed E-state index contributed by atoms with van der Waals surface area (Å²) in [4.78, 5) is 12.2. The molecule has 7 aromatic rings. The molecule has 4 aromatic carbocycles. The van der Waals surface area contributed by atoms with Crippen LogP contribution < -0.4 is 0 Å². The van der Waals surface area contributed by atoms with Crippen LogP contribution in [0.5, 0.6) is 23.0 Å². The van der Waals surface area contributed by atoms with Crippen molar-refractivity contribution in [2.24, 2.45) is 30.7 Å². The van der Waals surface area contributed by atoms with Gasteiger partial charge in [0.15, 0.2) is 0 Å². The zero-order chi connectivity index (χ0) is 38.4. The maximum atomic E-state index is 11.9. The van der Waals surface area contributed by atoms with Crippen molar-refractivity contribution in [3.8, 4) is 23.0 Å². The number of hydrogen-bond acceptors (Lipinski definition) is 13. The van der Waals surface area contributed by atoms with Crippen LogP contribution in [0.25, 0.3) is 0 Å². The van der Waals surface area contributed by atoms with Gasteiger partial charge in [0, 0.05) is 90.0 Å². The van der Waals surface area contributed by atoms with Gasteiger partial charge in [-0.05, 0) is 83.9 Å². The Hall–Kier alpha value is -7.67. The van der Waals surface area contributed by atoms with Crippen LogP contribution in [-0.4, -0.2) is 35.4 Å². The third-order valence-electron chi connectivity index (χ3n) is 9.30. The molecule has 0 spiro atoms. The van der Waals surface area contributed by atoms with Crippen LogP contribution in [0.15, 0.2) is 159 Å². The maximum absolute atomic E-state index is 11.9. The Morgan fingerprint density at radius 1 is 0.321 bits per heavy atom. The molecule has 0 saturated heterocycles. The molecule has 13 heteroatoms. The third kappa shape index (κ3) is 7.96. The first-order chi connectivity index (χ1) is 27.4. The number of phenolic OH excluding ortho intramolecular Hbond substituents is 4. The number of para-hydroxylation sites is 1. The van der Waals surface area contributed by atoms with Crippen molar-refractivity contribution in [1.29, 1.82) is 0 Å². The van der Waals surface area contributed by atoms with E-state index in [9.17, 15) is 20.4 Å². The van der Waals surface area contributed by atoms with Gasteiger partial charge in [0.2, 0.25) is 0 Å². The number of nitrogens with zero attached hydrogens (tertiary/aromatic N) is 9. The lowest BCUT2D eigenvalue weighted by Crippen LogP contribution is -2.01. The number of aromatic hydroxyl groups is 4. The van der Waals surface area contributed by atoms with E-state index in [0.717, 1.165) is 0 Å². The average molecular weight is 740 g/mol. The summed E-state index contributed by atoms with van der Waals surface area (Å²) in [5, 5.41) is 73.7. The van der Waals surface area contributed by atoms with E-state index in [4.69, 9.17) is 0 Å². The number of pyridine rings is 3. The largest absolute Gasteiger partial charge is 0.507 e. The molecule has 0 amide bonds. The predicted octanol–water partition coefficient (Wildman–Crippen LogP) is 10.6. The Morgan fingerprint density at radius 2 is 0.661 bits per heavy atom. The minimum atomic E-state index is -0.0465. The normalized spacial score (nSPS) is 12.8. The molecule has 0 atom stereocenters. The number of fused-ring (bicyclic) bond motifs is 8. The van der Waals surface area contributed by atoms with Crippen LogP contribution in [0, 0.1) is 0 Å². The van der Waals surface area contributed by atoms with E-state index < -0.39 is 0 Å². The van der Waals surface area contributed by atoms with E-state index >= 15 is 0 Å². The van der Waals surface area contributed by atoms with E-state index in [1.165, 1.54) is 0 Å². The van der Waals surface area contributed by atoms with Crippen molar-refractivity contribution >= 4 is 34.1 Å². The van der Waals surface area contributed by atoms with Gasteiger partial charge in [0.25, 0.3) is 0 Å². The molecule has 13 nitrogen and oxygen atoms in total. The summed E-state index contributed by atoms with van der Waals surface area (Å²) in [5.74, 6) is -0.0456. The number of benzene rings is 4. The Labute approximate surface area is 320 Å². The van der Waals surface area contributed by atoms with Gasteiger partial charge in [-0.25, -0.2) is 0 Å². The van der Waals surface area contributed by atoms with Gasteiger partial charge in [0.1, 0.15) is 28.7 Å². The van der Waals surface area contributed by atoms with Crippen LogP contribution in [0.2, 0.25) is 0 Å². The van der Waals surface area contributed by atoms with Crippen molar-refractivity contribution < 1.29 is 20.4 Å². The Morgan fingerprint density at radius 3 is 1.04 bits per heavy atom. The highest BCUT2D eigenvalue weighted by Crippen LogP contribution is 2.41. The number of azo groups is 3. The van der Waals surface area contributed by atoms with Crippen LogP contribution in [0.4, 0.5) is 34.1 Å². The zero-order valence-corrected chi connectivity index (χ0v) is 29.8. The highest BCUT2D eigenvalue weighted by molar-refractivity contribution is 5.62. The van der Waals surface area contributed by atoms with Crippen molar-refractivity contribution in [1.82, 2.24) is 15.0 Å². The van der Waals surface area contributed by atoms with Gasteiger partial charge in [-0.2, -0.15) is 25.6 Å². The van der Waals surface area contributed by atoms with E-state index in [-0.39, 0.29) is 48.7 Å². The highest BCUT2D eigenvalue weighted by Gasteiger charge is 2.21. The Kier molecular flexibility index (Phi) is 9.94. The number of rotatable bonds is 6. The van der Waals surface area contributed by atoms with Gasteiger partial charge in [-0.3, -0.25) is 15.0 Å². The van der Waals surface area contributed by atoms with Crippen LogP contribution in [-0.2, 0) is 25.7 Å². The van der Waals surface area contributed by atoms with Crippen LogP contribution >= 0.6 is 0 Å². The first-order valence-electron chi connectivity index (χ1n) is 17.7. The Balaban J connectivity index is 1.30. The summed E-state index contributed by atoms with van der Waals surface area (Å²) in [5.41, 5.74) is 6.96. The fourth-order valence-electron chi connectivity index (χ4n) is 6.54. The van der Waals surface area contributed by atoms with E-state index in [1.54, 1.807) is 122 Å². The minimum absolute atomic E-state index is 0.0137. The predicted molar refractivity (Wildman–Crippen MR) is 209 cm³/mol. The van der Waals surface area contributed by atoms with E-state index in [0.29, 0.717) is 78.6 Å². The molecule has 0 unspecified atom stereocenters. The van der Waals surface area contributed by atoms with E-state index in [1.807, 2.05) is 6.07 Å². The summed E-state index contributed by atoms with van der Waals surface area (Å²) >= 11 is 0. The highest BCUT2D eigenvalue weighted by atomic mass is 16.3. The molecule has 1 aliphatic carbocycles. The maximum Gasteiger partial charge on any atom is 0.122 e. The molecule has 0 radical (unpaired) electrons. The second-order valence-corrected chi connectivity index (χ2v) is 13.2. The molecule has 0 aliphatic heterocycles. The van der Waals surface area contributed by atoms with Crippen molar-refractivity contribution in [3.05, 3.63) is 173 Å². The topological polar surface area (TPSA) is 194 Å². The van der Waals surface area contributed by atoms with Gasteiger partial charge in [0.05, 0.1) is 34.6 Å². The smallest absolute Gasteiger partial charge is 0.122 e. The average Bonchev–Trinajstić information content (AvgIpc) is 3.22. The quantitative estimate of drug-likeness (QED) is 0.122. The first-order valence-corrected chi connectivity index (χ1v) is 17.7. The summed E-state index contributed by atoms with van der Waals surface area (Å²) < 4.78 is 0. The third-order valence-corrected chi connectivity index (χ3v) is 9.30. The molecule has 274 valence electrons. The fraction of sp³-hybridized carbons (Fsp3) is 0.0930. The number of aromatic nitrogens is 3. The fourth-order valence-corrected chi connectivity index (χ4v) is 6.54. The molecular formula is C43H33N9O4. The number of phenols is 4. The lowest BCUT2D eigenvalue weighted by atomic mass is 9.90. The molecule has 56 heavy (non-hydrogen) atoms. The molecule has 4 N–H and O–H groups in total. The second kappa shape index (κ2) is 15.7. The lowest BCUT2D eigenvalue weighted by Gasteiger charge is -2.18. The van der Waals surface area contributed by atoms with Crippen LogP contribution in [0.3, 0.4) is 0 Å². The molecule has 8 rings (SSSR count). The van der Waals surface area contributed by atoms with Crippen molar-refractivity contribution in [2.45, 2.75) is 25.7 Å². The SMILES string of the molecule is Oc1c2cccc1Cc1cc(N=Nc3ccncc3)cc(c1O)Cc1cc(N=Nc3cccnc3)cc(c1O)Cc1cc(N=Nc3ccncc3)cc(c1O)C2. The van der Waals surface area contributed by atoms with Crippen molar-refractivity contribution in [3.63, 3.8) is 0 Å². The summed E-state index contributed by atoms with van der Waals surface area (Å²) in [6.07, 6.45) is 10.1. The zero-order valence-electron chi connectivity index (χ0n) is 29.8. The van der Waals surface area contributed by atoms with Gasteiger partial charge >= 0.3 is 0 Å².